The van der Waals surface area contributed by atoms with Gasteiger partial charge in [-0.2, -0.15) is 0 Å². The summed E-state index contributed by atoms with van der Waals surface area (Å²) in [6.45, 7) is 3.75. The fraction of sp³-hybridized carbons (Fsp3) is 0.357. The van der Waals surface area contributed by atoms with Crippen LogP contribution in [0.1, 0.15) is 23.8 Å². The van der Waals surface area contributed by atoms with Gasteiger partial charge in [-0.05, 0) is 24.6 Å². The average Bonchev–Trinajstić information content (AvgIpc) is 2.75. The molecule has 4 nitrogen and oxygen atoms in total. The fourth-order valence-corrected chi connectivity index (χ4v) is 1.92. The molecule has 0 bridgehead atoms. The van der Waals surface area contributed by atoms with Crippen LogP contribution in [-0.4, -0.2) is 17.1 Å². The van der Waals surface area contributed by atoms with Crippen molar-refractivity contribution >= 4 is 5.82 Å². The summed E-state index contributed by atoms with van der Waals surface area (Å²) in [4.78, 5) is 2.17. The van der Waals surface area contributed by atoms with Gasteiger partial charge < -0.3 is 10.3 Å². The van der Waals surface area contributed by atoms with Gasteiger partial charge in [0.05, 0.1) is 6.54 Å². The van der Waals surface area contributed by atoms with E-state index in [0.29, 0.717) is 12.4 Å². The van der Waals surface area contributed by atoms with Crippen LogP contribution in [0.3, 0.4) is 0 Å². The van der Waals surface area contributed by atoms with E-state index >= 15 is 0 Å². The number of anilines is 1. The molecule has 0 saturated carbocycles. The van der Waals surface area contributed by atoms with Crippen LogP contribution in [-0.2, 0) is 19.5 Å². The Kier molecular flexibility index (Phi) is 3.99. The molecule has 0 aliphatic rings. The Morgan fingerprint density at radius 3 is 2.39 bits per heavy atom. The Balaban J connectivity index is 1.91. The van der Waals surface area contributed by atoms with Gasteiger partial charge in [-0.1, -0.05) is 36.3 Å². The van der Waals surface area contributed by atoms with Gasteiger partial charge in [0.15, 0.2) is 11.6 Å². The normalized spacial score (nSPS) is 11.1. The van der Waals surface area contributed by atoms with Crippen molar-refractivity contribution in [2.24, 2.45) is 0 Å². The van der Waals surface area contributed by atoms with E-state index in [2.05, 4.69) is 41.2 Å². The van der Waals surface area contributed by atoms with Gasteiger partial charge in [0.2, 0.25) is 0 Å². The zero-order valence-electron chi connectivity index (χ0n) is 10.9. The maximum absolute atomic E-state index is 5.52. The number of nitrogens with two attached hydrogens (primary N) is 1. The Morgan fingerprint density at radius 1 is 1.17 bits per heavy atom. The maximum Gasteiger partial charge on any atom is 0.167 e. The van der Waals surface area contributed by atoms with Crippen LogP contribution in [0.5, 0.6) is 0 Å². The zero-order chi connectivity index (χ0) is 13.0. The number of nitrogens with zero attached hydrogens (tertiary/aromatic N) is 2. The highest BCUT2D eigenvalue weighted by atomic mass is 16.5. The third kappa shape index (κ3) is 3.34. The lowest BCUT2D eigenvalue weighted by Crippen LogP contribution is -2.16. The standard InChI is InChI=1S/C14H19N3O/c1-3-11-4-6-12(7-5-11)9-17(2)10-13-8-14(15)16-18-13/h4-8H,3,9-10H2,1-2H3,(H2,15,16). The summed E-state index contributed by atoms with van der Waals surface area (Å²) < 4.78 is 5.09. The van der Waals surface area contributed by atoms with Crippen molar-refractivity contribution < 1.29 is 4.52 Å². The Morgan fingerprint density at radius 2 is 1.83 bits per heavy atom. The van der Waals surface area contributed by atoms with Gasteiger partial charge in [0.1, 0.15) is 0 Å². The molecule has 0 atom stereocenters. The van der Waals surface area contributed by atoms with E-state index in [4.69, 9.17) is 10.3 Å². The molecular formula is C14H19N3O. The first kappa shape index (κ1) is 12.6. The molecule has 0 aliphatic heterocycles. The Hall–Kier alpha value is -1.81. The molecular weight excluding hydrogens is 226 g/mol. The minimum Gasteiger partial charge on any atom is -0.381 e. The van der Waals surface area contributed by atoms with Gasteiger partial charge in [0.25, 0.3) is 0 Å². The smallest absolute Gasteiger partial charge is 0.167 e. The van der Waals surface area contributed by atoms with Crippen molar-refractivity contribution in [2.45, 2.75) is 26.4 Å². The minimum absolute atomic E-state index is 0.436. The van der Waals surface area contributed by atoms with Crippen LogP contribution in [0.4, 0.5) is 5.82 Å². The van der Waals surface area contributed by atoms with E-state index in [1.54, 1.807) is 6.07 Å². The Labute approximate surface area is 107 Å². The maximum atomic E-state index is 5.52. The number of hydrogen-bond donors (Lipinski definition) is 1. The molecule has 4 heteroatoms. The number of aryl methyl sites for hydroxylation is 1. The van der Waals surface area contributed by atoms with Crippen molar-refractivity contribution in [1.82, 2.24) is 10.1 Å². The molecule has 2 rings (SSSR count). The minimum atomic E-state index is 0.436. The number of aromatic nitrogens is 1. The summed E-state index contributed by atoms with van der Waals surface area (Å²) in [7, 11) is 2.05. The number of rotatable bonds is 5. The van der Waals surface area contributed by atoms with Crippen LogP contribution in [0.25, 0.3) is 0 Å². The molecule has 0 radical (unpaired) electrons. The molecule has 0 amide bonds. The summed E-state index contributed by atoms with van der Waals surface area (Å²) >= 11 is 0. The molecule has 96 valence electrons. The molecule has 0 spiro atoms. The monoisotopic (exact) mass is 245 g/mol. The van der Waals surface area contributed by atoms with E-state index in [0.717, 1.165) is 18.7 Å². The van der Waals surface area contributed by atoms with Crippen LogP contribution in [0.2, 0.25) is 0 Å². The second-order valence-electron chi connectivity index (χ2n) is 4.56. The van der Waals surface area contributed by atoms with Gasteiger partial charge in [-0.15, -0.1) is 0 Å². The first-order valence-corrected chi connectivity index (χ1v) is 6.15. The second-order valence-corrected chi connectivity index (χ2v) is 4.56. The fourth-order valence-electron chi connectivity index (χ4n) is 1.92. The van der Waals surface area contributed by atoms with Crippen molar-refractivity contribution in [1.29, 1.82) is 0 Å². The number of hydrogen-bond acceptors (Lipinski definition) is 4. The molecule has 2 N–H and O–H groups in total. The van der Waals surface area contributed by atoms with Crippen molar-refractivity contribution in [3.63, 3.8) is 0 Å². The number of benzene rings is 1. The quantitative estimate of drug-likeness (QED) is 0.879. The average molecular weight is 245 g/mol. The lowest BCUT2D eigenvalue weighted by molar-refractivity contribution is 0.267. The molecule has 0 fully saturated rings. The zero-order valence-corrected chi connectivity index (χ0v) is 10.9. The van der Waals surface area contributed by atoms with E-state index < -0.39 is 0 Å². The molecule has 1 aromatic heterocycles. The third-order valence-electron chi connectivity index (χ3n) is 2.89. The Bertz CT molecular complexity index is 490. The lowest BCUT2D eigenvalue weighted by Gasteiger charge is -2.14. The molecule has 18 heavy (non-hydrogen) atoms. The van der Waals surface area contributed by atoms with Crippen LogP contribution in [0, 0.1) is 0 Å². The molecule has 1 heterocycles. The predicted octanol–water partition coefficient (Wildman–Crippen LogP) is 2.45. The topological polar surface area (TPSA) is 55.3 Å². The highest BCUT2D eigenvalue weighted by molar-refractivity contribution is 5.26. The van der Waals surface area contributed by atoms with Crippen LogP contribution < -0.4 is 5.73 Å². The lowest BCUT2D eigenvalue weighted by atomic mass is 10.1. The van der Waals surface area contributed by atoms with Crippen LogP contribution in [0.15, 0.2) is 34.9 Å². The van der Waals surface area contributed by atoms with Crippen molar-refractivity contribution in [2.75, 3.05) is 12.8 Å². The number of nitrogen functional groups attached to an aromatic ring is 1. The summed E-state index contributed by atoms with van der Waals surface area (Å²) in [6, 6.07) is 10.5. The molecule has 2 aromatic rings. The van der Waals surface area contributed by atoms with Crippen molar-refractivity contribution in [3.8, 4) is 0 Å². The van der Waals surface area contributed by atoms with E-state index in [1.807, 2.05) is 7.05 Å². The van der Waals surface area contributed by atoms with Gasteiger partial charge in [-0.25, -0.2) is 0 Å². The molecule has 0 aliphatic carbocycles. The van der Waals surface area contributed by atoms with Crippen LogP contribution >= 0.6 is 0 Å². The van der Waals surface area contributed by atoms with E-state index in [9.17, 15) is 0 Å². The first-order valence-electron chi connectivity index (χ1n) is 6.15. The summed E-state index contributed by atoms with van der Waals surface area (Å²) in [5, 5.41) is 3.68. The van der Waals surface area contributed by atoms with Gasteiger partial charge in [0, 0.05) is 12.6 Å². The highest BCUT2D eigenvalue weighted by Gasteiger charge is 2.06. The molecule has 1 aromatic carbocycles. The van der Waals surface area contributed by atoms with E-state index in [-0.39, 0.29) is 0 Å². The third-order valence-corrected chi connectivity index (χ3v) is 2.89. The molecule has 0 saturated heterocycles. The van der Waals surface area contributed by atoms with E-state index in [1.165, 1.54) is 11.1 Å². The van der Waals surface area contributed by atoms with Gasteiger partial charge >= 0.3 is 0 Å². The highest BCUT2D eigenvalue weighted by Crippen LogP contribution is 2.11. The van der Waals surface area contributed by atoms with Gasteiger partial charge in [-0.3, -0.25) is 4.90 Å². The first-order chi connectivity index (χ1) is 8.67. The summed E-state index contributed by atoms with van der Waals surface area (Å²) in [5.74, 6) is 1.23. The molecule has 0 unspecified atom stereocenters. The summed E-state index contributed by atoms with van der Waals surface area (Å²) in [5.41, 5.74) is 8.17. The van der Waals surface area contributed by atoms with Crippen molar-refractivity contribution in [3.05, 3.63) is 47.2 Å². The summed E-state index contributed by atoms with van der Waals surface area (Å²) in [6.07, 6.45) is 1.08. The second kappa shape index (κ2) is 5.69. The largest absolute Gasteiger partial charge is 0.381 e. The SMILES string of the molecule is CCc1ccc(CN(C)Cc2cc(N)no2)cc1. The predicted molar refractivity (Wildman–Crippen MR) is 71.9 cm³/mol.